The number of carbonyl (C=O) groups is 2. The SMILES string of the molecule is CC1CCCC(CNC(=O)C2CNC(=O)CN2)(N(C)C)C1. The smallest absolute Gasteiger partial charge is 0.239 e. The maximum Gasteiger partial charge on any atom is 0.239 e. The monoisotopic (exact) mass is 296 g/mol. The first-order valence-corrected chi connectivity index (χ1v) is 7.88. The average Bonchev–Trinajstić information content (AvgIpc) is 2.45. The standard InChI is InChI=1S/C15H28N4O2/c1-11-5-4-6-15(7-11,19(2)3)10-18-14(21)12-8-17-13(20)9-16-12/h11-12,16H,4-10H2,1-3H3,(H,17,20)(H,18,21). The van der Waals surface area contributed by atoms with Crippen LogP contribution in [0.2, 0.25) is 0 Å². The molecule has 0 aromatic rings. The van der Waals surface area contributed by atoms with Gasteiger partial charge in [-0.3, -0.25) is 14.9 Å². The highest BCUT2D eigenvalue weighted by Gasteiger charge is 2.37. The average molecular weight is 296 g/mol. The number of carbonyl (C=O) groups excluding carboxylic acids is 2. The second-order valence-corrected chi connectivity index (χ2v) is 6.78. The molecule has 0 spiro atoms. The van der Waals surface area contributed by atoms with Crippen LogP contribution in [0.15, 0.2) is 0 Å². The molecule has 2 aliphatic rings. The van der Waals surface area contributed by atoms with Gasteiger partial charge in [0.25, 0.3) is 0 Å². The van der Waals surface area contributed by atoms with Crippen molar-refractivity contribution >= 4 is 11.8 Å². The minimum Gasteiger partial charge on any atom is -0.353 e. The fourth-order valence-corrected chi connectivity index (χ4v) is 3.48. The van der Waals surface area contributed by atoms with Crippen LogP contribution < -0.4 is 16.0 Å². The van der Waals surface area contributed by atoms with Crippen molar-refractivity contribution in [2.75, 3.05) is 33.7 Å². The van der Waals surface area contributed by atoms with Gasteiger partial charge in [-0.25, -0.2) is 0 Å². The second kappa shape index (κ2) is 6.75. The van der Waals surface area contributed by atoms with Gasteiger partial charge in [0.2, 0.25) is 11.8 Å². The topological polar surface area (TPSA) is 73.5 Å². The summed E-state index contributed by atoms with van der Waals surface area (Å²) in [6.07, 6.45) is 4.74. The summed E-state index contributed by atoms with van der Waals surface area (Å²) >= 11 is 0. The van der Waals surface area contributed by atoms with Crippen molar-refractivity contribution in [3.8, 4) is 0 Å². The highest BCUT2D eigenvalue weighted by Crippen LogP contribution is 2.35. The van der Waals surface area contributed by atoms with Crippen LogP contribution >= 0.6 is 0 Å². The van der Waals surface area contributed by atoms with E-state index in [1.807, 2.05) is 0 Å². The Labute approximate surface area is 127 Å². The molecule has 3 unspecified atom stereocenters. The molecule has 1 saturated carbocycles. The van der Waals surface area contributed by atoms with Gasteiger partial charge >= 0.3 is 0 Å². The lowest BCUT2D eigenvalue weighted by molar-refractivity contribution is -0.127. The van der Waals surface area contributed by atoms with E-state index in [9.17, 15) is 9.59 Å². The van der Waals surface area contributed by atoms with E-state index >= 15 is 0 Å². The molecular weight excluding hydrogens is 268 g/mol. The molecule has 0 bridgehead atoms. The molecule has 0 radical (unpaired) electrons. The van der Waals surface area contributed by atoms with Crippen molar-refractivity contribution in [3.05, 3.63) is 0 Å². The zero-order valence-corrected chi connectivity index (χ0v) is 13.4. The summed E-state index contributed by atoms with van der Waals surface area (Å²) in [6.45, 7) is 3.55. The van der Waals surface area contributed by atoms with Gasteiger partial charge in [0.15, 0.2) is 0 Å². The van der Waals surface area contributed by atoms with Crippen molar-refractivity contribution in [3.63, 3.8) is 0 Å². The summed E-state index contributed by atoms with van der Waals surface area (Å²) < 4.78 is 0. The Morgan fingerprint density at radius 2 is 2.24 bits per heavy atom. The third-order valence-corrected chi connectivity index (χ3v) is 4.94. The van der Waals surface area contributed by atoms with Crippen LogP contribution in [0.3, 0.4) is 0 Å². The van der Waals surface area contributed by atoms with Gasteiger partial charge in [0.05, 0.1) is 6.54 Å². The Bertz CT molecular complexity index is 389. The Morgan fingerprint density at radius 1 is 1.48 bits per heavy atom. The number of hydrogen-bond acceptors (Lipinski definition) is 4. The number of amides is 2. The molecule has 3 N–H and O–H groups in total. The molecule has 1 heterocycles. The zero-order chi connectivity index (χ0) is 15.5. The summed E-state index contributed by atoms with van der Waals surface area (Å²) in [7, 11) is 4.20. The molecule has 2 fully saturated rings. The molecule has 6 nitrogen and oxygen atoms in total. The van der Waals surface area contributed by atoms with Crippen molar-refractivity contribution in [2.24, 2.45) is 5.92 Å². The Kier molecular flexibility index (Phi) is 5.22. The predicted octanol–water partition coefficient (Wildman–Crippen LogP) is -0.299. The number of nitrogens with one attached hydrogen (secondary N) is 3. The fourth-order valence-electron chi connectivity index (χ4n) is 3.48. The van der Waals surface area contributed by atoms with Crippen LogP contribution in [0, 0.1) is 5.92 Å². The molecule has 6 heteroatoms. The molecule has 1 saturated heterocycles. The molecule has 0 aromatic heterocycles. The van der Waals surface area contributed by atoms with Gasteiger partial charge in [-0.05, 0) is 32.9 Å². The van der Waals surface area contributed by atoms with E-state index in [-0.39, 0.29) is 29.9 Å². The van der Waals surface area contributed by atoms with Gasteiger partial charge in [-0.15, -0.1) is 0 Å². The minimum absolute atomic E-state index is 0.0190. The van der Waals surface area contributed by atoms with Crippen LogP contribution in [0.25, 0.3) is 0 Å². The van der Waals surface area contributed by atoms with Crippen molar-refractivity contribution in [2.45, 2.75) is 44.2 Å². The lowest BCUT2D eigenvalue weighted by Gasteiger charge is -2.45. The van der Waals surface area contributed by atoms with E-state index in [1.165, 1.54) is 12.8 Å². The molecule has 2 amide bonds. The Hall–Kier alpha value is -1.14. The van der Waals surface area contributed by atoms with Gasteiger partial charge in [-0.2, -0.15) is 0 Å². The highest BCUT2D eigenvalue weighted by atomic mass is 16.2. The molecule has 3 atom stereocenters. The van der Waals surface area contributed by atoms with Crippen LogP contribution in [0.1, 0.15) is 32.6 Å². The van der Waals surface area contributed by atoms with Crippen LogP contribution in [0.5, 0.6) is 0 Å². The van der Waals surface area contributed by atoms with Crippen LogP contribution in [-0.4, -0.2) is 62.0 Å². The number of hydrogen-bond donors (Lipinski definition) is 3. The maximum absolute atomic E-state index is 12.3. The summed E-state index contributed by atoms with van der Waals surface area (Å²) in [5.74, 6) is 0.629. The lowest BCUT2D eigenvalue weighted by atomic mass is 9.75. The number of piperazine rings is 1. The van der Waals surface area contributed by atoms with Gasteiger partial charge in [0, 0.05) is 18.6 Å². The molecule has 1 aliphatic heterocycles. The van der Waals surface area contributed by atoms with Crippen molar-refractivity contribution in [1.29, 1.82) is 0 Å². The quantitative estimate of drug-likeness (QED) is 0.666. The molecule has 1 aliphatic carbocycles. The fraction of sp³-hybridized carbons (Fsp3) is 0.867. The first-order chi connectivity index (χ1) is 9.93. The summed E-state index contributed by atoms with van der Waals surface area (Å²) in [5.41, 5.74) is 0.0608. The van der Waals surface area contributed by atoms with Gasteiger partial charge in [-0.1, -0.05) is 19.8 Å². The minimum atomic E-state index is -0.317. The maximum atomic E-state index is 12.3. The van der Waals surface area contributed by atoms with Crippen molar-refractivity contribution in [1.82, 2.24) is 20.9 Å². The second-order valence-electron chi connectivity index (χ2n) is 6.78. The molecular formula is C15H28N4O2. The highest BCUT2D eigenvalue weighted by molar-refractivity contribution is 5.86. The predicted molar refractivity (Wildman–Crippen MR) is 81.9 cm³/mol. The first kappa shape index (κ1) is 16.2. The first-order valence-electron chi connectivity index (χ1n) is 7.88. The number of rotatable bonds is 4. The lowest BCUT2D eigenvalue weighted by Crippen LogP contribution is -2.61. The van der Waals surface area contributed by atoms with Gasteiger partial charge in [0.1, 0.15) is 6.04 Å². The molecule has 120 valence electrons. The number of nitrogens with zero attached hydrogens (tertiary/aromatic N) is 1. The van der Waals surface area contributed by atoms with E-state index < -0.39 is 0 Å². The largest absolute Gasteiger partial charge is 0.353 e. The van der Waals surface area contributed by atoms with Crippen molar-refractivity contribution < 1.29 is 9.59 Å². The van der Waals surface area contributed by atoms with E-state index in [2.05, 4.69) is 41.9 Å². The third-order valence-electron chi connectivity index (χ3n) is 4.94. The Balaban J connectivity index is 1.89. The van der Waals surface area contributed by atoms with Gasteiger partial charge < -0.3 is 15.5 Å². The molecule has 21 heavy (non-hydrogen) atoms. The summed E-state index contributed by atoms with van der Waals surface area (Å²) in [5, 5.41) is 8.77. The summed E-state index contributed by atoms with van der Waals surface area (Å²) in [6, 6.07) is -0.317. The normalized spacial score (nSPS) is 33.6. The van der Waals surface area contributed by atoms with E-state index in [0.29, 0.717) is 19.0 Å². The molecule has 2 rings (SSSR count). The number of likely N-dealkylation sites (N-methyl/N-ethyl adjacent to an activating group) is 1. The Morgan fingerprint density at radius 3 is 2.81 bits per heavy atom. The molecule has 0 aromatic carbocycles. The van der Waals surface area contributed by atoms with E-state index in [4.69, 9.17) is 0 Å². The zero-order valence-electron chi connectivity index (χ0n) is 13.4. The third kappa shape index (κ3) is 3.95. The van der Waals surface area contributed by atoms with E-state index in [0.717, 1.165) is 12.8 Å². The van der Waals surface area contributed by atoms with Crippen LogP contribution in [-0.2, 0) is 9.59 Å². The van der Waals surface area contributed by atoms with Crippen LogP contribution in [0.4, 0.5) is 0 Å². The summed E-state index contributed by atoms with van der Waals surface area (Å²) in [4.78, 5) is 25.6. The van der Waals surface area contributed by atoms with E-state index in [1.54, 1.807) is 0 Å².